The summed E-state index contributed by atoms with van der Waals surface area (Å²) in [4.78, 5) is 2.17. The summed E-state index contributed by atoms with van der Waals surface area (Å²) in [5.41, 5.74) is 2.28. The standard InChI is InChI=1S/C16H24FNO/c1-11-8-16(14(12(2)19)9-15(11)17)18(3)10-13-6-4-5-7-13/h8-9,12-13,19H,4-7,10H2,1-3H3. The van der Waals surface area contributed by atoms with Crippen LogP contribution in [0.1, 0.15) is 49.8 Å². The molecule has 0 saturated heterocycles. The molecule has 1 fully saturated rings. The highest BCUT2D eigenvalue weighted by Crippen LogP contribution is 2.31. The third-order valence-corrected chi connectivity index (χ3v) is 4.18. The van der Waals surface area contributed by atoms with Gasteiger partial charge in [-0.15, -0.1) is 0 Å². The lowest BCUT2D eigenvalue weighted by Gasteiger charge is -2.27. The molecule has 0 aliphatic heterocycles. The summed E-state index contributed by atoms with van der Waals surface area (Å²) in [5, 5.41) is 9.84. The summed E-state index contributed by atoms with van der Waals surface area (Å²) in [5.74, 6) is 0.492. The van der Waals surface area contributed by atoms with Crippen LogP contribution in [0.15, 0.2) is 12.1 Å². The van der Waals surface area contributed by atoms with Gasteiger partial charge in [-0.25, -0.2) is 4.39 Å². The van der Waals surface area contributed by atoms with E-state index in [0.717, 1.165) is 18.2 Å². The maximum absolute atomic E-state index is 13.7. The highest BCUT2D eigenvalue weighted by atomic mass is 19.1. The van der Waals surface area contributed by atoms with Gasteiger partial charge >= 0.3 is 0 Å². The van der Waals surface area contributed by atoms with E-state index in [1.807, 2.05) is 13.1 Å². The zero-order valence-corrected chi connectivity index (χ0v) is 12.1. The molecule has 106 valence electrons. The summed E-state index contributed by atoms with van der Waals surface area (Å²) in [7, 11) is 2.04. The molecule has 0 heterocycles. The van der Waals surface area contributed by atoms with Crippen molar-refractivity contribution in [3.63, 3.8) is 0 Å². The van der Waals surface area contributed by atoms with E-state index < -0.39 is 6.10 Å². The van der Waals surface area contributed by atoms with Gasteiger partial charge in [0.2, 0.25) is 0 Å². The number of rotatable bonds is 4. The van der Waals surface area contributed by atoms with Gasteiger partial charge in [0, 0.05) is 24.8 Å². The first kappa shape index (κ1) is 14.3. The number of halogens is 1. The van der Waals surface area contributed by atoms with Crippen molar-refractivity contribution in [2.45, 2.75) is 45.6 Å². The molecule has 1 aliphatic carbocycles. The molecule has 0 aromatic heterocycles. The van der Waals surface area contributed by atoms with Crippen LogP contribution in [0.3, 0.4) is 0 Å². The Morgan fingerprint density at radius 1 is 1.37 bits per heavy atom. The first-order valence-electron chi connectivity index (χ1n) is 7.18. The normalized spacial score (nSPS) is 17.7. The number of aliphatic hydroxyl groups is 1. The predicted octanol–water partition coefficient (Wildman–Crippen LogP) is 3.81. The molecule has 3 heteroatoms. The number of nitrogens with zero attached hydrogens (tertiary/aromatic N) is 1. The Hall–Kier alpha value is -1.09. The molecule has 2 nitrogen and oxygen atoms in total. The van der Waals surface area contributed by atoms with Crippen LogP contribution in [0.5, 0.6) is 0 Å². The van der Waals surface area contributed by atoms with Crippen molar-refractivity contribution in [3.8, 4) is 0 Å². The predicted molar refractivity (Wildman–Crippen MR) is 77.0 cm³/mol. The van der Waals surface area contributed by atoms with E-state index >= 15 is 0 Å². The van der Waals surface area contributed by atoms with Gasteiger partial charge in [-0.05, 0) is 50.3 Å². The Morgan fingerprint density at radius 3 is 2.58 bits per heavy atom. The smallest absolute Gasteiger partial charge is 0.126 e. The van der Waals surface area contributed by atoms with Gasteiger partial charge in [-0.2, -0.15) is 0 Å². The maximum Gasteiger partial charge on any atom is 0.126 e. The fourth-order valence-corrected chi connectivity index (χ4v) is 3.03. The molecule has 0 amide bonds. The monoisotopic (exact) mass is 265 g/mol. The molecule has 0 radical (unpaired) electrons. The largest absolute Gasteiger partial charge is 0.389 e. The average molecular weight is 265 g/mol. The van der Waals surface area contributed by atoms with Crippen LogP contribution in [0, 0.1) is 18.7 Å². The van der Waals surface area contributed by atoms with Crippen LogP contribution in [0.2, 0.25) is 0 Å². The van der Waals surface area contributed by atoms with Gasteiger partial charge in [-0.3, -0.25) is 0 Å². The van der Waals surface area contributed by atoms with Crippen LogP contribution in [-0.2, 0) is 0 Å². The van der Waals surface area contributed by atoms with E-state index in [-0.39, 0.29) is 5.82 Å². The van der Waals surface area contributed by atoms with E-state index in [2.05, 4.69) is 4.90 Å². The van der Waals surface area contributed by atoms with Crippen molar-refractivity contribution < 1.29 is 9.50 Å². The fourth-order valence-electron chi connectivity index (χ4n) is 3.03. The third kappa shape index (κ3) is 3.27. The minimum absolute atomic E-state index is 0.242. The molecular formula is C16H24FNO. The van der Waals surface area contributed by atoms with Crippen LogP contribution >= 0.6 is 0 Å². The number of aryl methyl sites for hydroxylation is 1. The van der Waals surface area contributed by atoms with Gasteiger partial charge in [0.05, 0.1) is 6.10 Å². The Balaban J connectivity index is 2.23. The second-order valence-corrected chi connectivity index (χ2v) is 5.87. The Kier molecular flexibility index (Phi) is 4.46. The molecule has 1 N–H and O–H groups in total. The molecule has 19 heavy (non-hydrogen) atoms. The van der Waals surface area contributed by atoms with Gasteiger partial charge in [0.1, 0.15) is 5.82 Å². The third-order valence-electron chi connectivity index (χ3n) is 4.18. The Labute approximate surface area is 115 Å². The molecular weight excluding hydrogens is 241 g/mol. The zero-order chi connectivity index (χ0) is 14.0. The van der Waals surface area contributed by atoms with Gasteiger partial charge < -0.3 is 10.0 Å². The van der Waals surface area contributed by atoms with Crippen molar-refractivity contribution in [1.29, 1.82) is 0 Å². The Bertz CT molecular complexity index is 439. The summed E-state index contributed by atoms with van der Waals surface area (Å²) in [6.45, 7) is 4.45. The number of aliphatic hydroxyl groups excluding tert-OH is 1. The molecule has 1 aromatic rings. The lowest BCUT2D eigenvalue weighted by Crippen LogP contribution is -2.25. The lowest BCUT2D eigenvalue weighted by molar-refractivity contribution is 0.199. The van der Waals surface area contributed by atoms with Crippen LogP contribution in [0.4, 0.5) is 10.1 Å². The number of benzene rings is 1. The van der Waals surface area contributed by atoms with Crippen molar-refractivity contribution in [2.75, 3.05) is 18.5 Å². The average Bonchev–Trinajstić information content (AvgIpc) is 2.84. The molecule has 0 bridgehead atoms. The van der Waals surface area contributed by atoms with Gasteiger partial charge in [-0.1, -0.05) is 12.8 Å². The van der Waals surface area contributed by atoms with Crippen LogP contribution in [-0.4, -0.2) is 18.7 Å². The van der Waals surface area contributed by atoms with Crippen molar-refractivity contribution >= 4 is 5.69 Å². The molecule has 1 aromatic carbocycles. The molecule has 1 saturated carbocycles. The summed E-state index contributed by atoms with van der Waals surface area (Å²) in [6.07, 6.45) is 4.58. The minimum Gasteiger partial charge on any atom is -0.389 e. The van der Waals surface area contributed by atoms with Crippen molar-refractivity contribution in [1.82, 2.24) is 0 Å². The molecule has 1 atom stereocenters. The summed E-state index contributed by atoms with van der Waals surface area (Å²) in [6, 6.07) is 3.33. The van der Waals surface area contributed by atoms with Crippen molar-refractivity contribution in [3.05, 3.63) is 29.1 Å². The highest BCUT2D eigenvalue weighted by molar-refractivity contribution is 5.56. The van der Waals surface area contributed by atoms with Crippen LogP contribution in [0.25, 0.3) is 0 Å². The SMILES string of the molecule is Cc1cc(N(C)CC2CCCC2)c(C(C)O)cc1F. The highest BCUT2D eigenvalue weighted by Gasteiger charge is 2.20. The van der Waals surface area contributed by atoms with E-state index in [0.29, 0.717) is 11.1 Å². The lowest BCUT2D eigenvalue weighted by atomic mass is 10.0. The first-order chi connectivity index (χ1) is 8.99. The molecule has 1 unspecified atom stereocenters. The topological polar surface area (TPSA) is 23.5 Å². The van der Waals surface area contributed by atoms with Gasteiger partial charge in [0.15, 0.2) is 0 Å². The minimum atomic E-state index is -0.642. The number of anilines is 1. The van der Waals surface area contributed by atoms with E-state index in [4.69, 9.17) is 0 Å². The van der Waals surface area contributed by atoms with Gasteiger partial charge in [0.25, 0.3) is 0 Å². The summed E-state index contributed by atoms with van der Waals surface area (Å²) < 4.78 is 13.7. The number of hydrogen-bond donors (Lipinski definition) is 1. The zero-order valence-electron chi connectivity index (χ0n) is 12.1. The first-order valence-corrected chi connectivity index (χ1v) is 7.18. The van der Waals surface area contributed by atoms with Crippen molar-refractivity contribution in [2.24, 2.45) is 5.92 Å². The second-order valence-electron chi connectivity index (χ2n) is 5.87. The van der Waals surface area contributed by atoms with Crippen LogP contribution < -0.4 is 4.90 Å². The fraction of sp³-hybridized carbons (Fsp3) is 0.625. The van der Waals surface area contributed by atoms with E-state index in [1.165, 1.54) is 31.7 Å². The Morgan fingerprint density at radius 2 is 2.00 bits per heavy atom. The molecule has 2 rings (SSSR count). The van der Waals surface area contributed by atoms with E-state index in [1.54, 1.807) is 13.8 Å². The second kappa shape index (κ2) is 5.91. The number of hydrogen-bond acceptors (Lipinski definition) is 2. The maximum atomic E-state index is 13.7. The summed E-state index contributed by atoms with van der Waals surface area (Å²) >= 11 is 0. The van der Waals surface area contributed by atoms with E-state index in [9.17, 15) is 9.50 Å². The molecule has 0 spiro atoms. The molecule has 1 aliphatic rings. The quantitative estimate of drug-likeness (QED) is 0.894.